The van der Waals surface area contributed by atoms with Crippen LogP contribution in [0, 0.1) is 0 Å². The van der Waals surface area contributed by atoms with Gasteiger partial charge in [-0.15, -0.1) is 0 Å². The van der Waals surface area contributed by atoms with Crippen LogP contribution in [0.4, 0.5) is 0 Å². The van der Waals surface area contributed by atoms with Crippen LogP contribution in [-0.2, 0) is 37.2 Å². The third-order valence-electron chi connectivity index (χ3n) is 5.49. The lowest BCUT2D eigenvalue weighted by atomic mass is 10.1. The molecule has 11 heteroatoms. The Labute approximate surface area is 209 Å². The highest BCUT2D eigenvalue weighted by atomic mass is 31.1. The van der Waals surface area contributed by atoms with Crippen LogP contribution < -0.4 is 0 Å². The molecule has 0 fully saturated rings. The van der Waals surface area contributed by atoms with Crippen LogP contribution in [0.5, 0.6) is 0 Å². The van der Waals surface area contributed by atoms with E-state index in [-0.39, 0.29) is 12.3 Å². The molecule has 1 aromatic heterocycles. The predicted octanol–water partition coefficient (Wildman–Crippen LogP) is 6.90. The number of hydrogen-bond donors (Lipinski definition) is 2. The van der Waals surface area contributed by atoms with Gasteiger partial charge in [0.05, 0.1) is 0 Å². The summed E-state index contributed by atoms with van der Waals surface area (Å²) in [5.74, 6) is 1.44. The summed E-state index contributed by atoms with van der Waals surface area (Å²) in [6.45, 7) is 2.09. The van der Waals surface area contributed by atoms with E-state index in [2.05, 4.69) is 21.3 Å². The molecule has 4 aromatic rings. The summed E-state index contributed by atoms with van der Waals surface area (Å²) in [6, 6.07) is 22.4. The minimum Gasteiger partial charge on any atom is -0.208 e. The second-order valence-electron chi connectivity index (χ2n) is 7.90. The van der Waals surface area contributed by atoms with E-state index in [4.69, 9.17) is 20.5 Å². The molecule has 2 unspecified atom stereocenters. The van der Waals surface area contributed by atoms with Crippen molar-refractivity contribution in [2.45, 2.75) is 25.7 Å². The van der Waals surface area contributed by atoms with Crippen molar-refractivity contribution in [1.29, 1.82) is 0 Å². The van der Waals surface area contributed by atoms with E-state index in [0.29, 0.717) is 17.5 Å². The summed E-state index contributed by atoms with van der Waals surface area (Å²) < 4.78 is 30.8. The Morgan fingerprint density at radius 3 is 1.17 bits per heavy atom. The molecule has 4 rings (SSSR count). The van der Waals surface area contributed by atoms with Crippen LogP contribution in [0.2, 0.25) is 0 Å². The zero-order chi connectivity index (χ0) is 25.5. The van der Waals surface area contributed by atoms with Crippen molar-refractivity contribution in [2.75, 3.05) is 0 Å². The normalized spacial score (nSPS) is 11.9. The van der Waals surface area contributed by atoms with Crippen LogP contribution in [-0.4, -0.2) is 25.5 Å². The van der Waals surface area contributed by atoms with Crippen LogP contribution in [0.3, 0.4) is 0 Å². The second kappa shape index (κ2) is 12.1. The van der Waals surface area contributed by atoms with E-state index in [1.54, 1.807) is 24.3 Å². The van der Waals surface area contributed by atoms with Gasteiger partial charge in [0.15, 0.2) is 17.5 Å². The Morgan fingerprint density at radius 1 is 0.583 bits per heavy atom. The fraction of sp³-hybridized carbons (Fsp3) is 0.160. The van der Waals surface area contributed by atoms with E-state index in [9.17, 15) is 9.13 Å². The van der Waals surface area contributed by atoms with Gasteiger partial charge in [0.1, 0.15) is 0 Å². The van der Waals surface area contributed by atoms with Crippen molar-refractivity contribution in [2.24, 2.45) is 0 Å². The molecule has 0 saturated carbocycles. The second-order valence-corrected chi connectivity index (χ2v) is 10.2. The Bertz CT molecular complexity index is 1280. The molecule has 0 radical (unpaired) electrons. The molecule has 0 aliphatic carbocycles. The van der Waals surface area contributed by atoms with E-state index >= 15 is 0 Å². The zero-order valence-electron chi connectivity index (χ0n) is 19.3. The Hall–Kier alpha value is -3.29. The number of rotatable bonds is 10. The summed E-state index contributed by atoms with van der Waals surface area (Å²) in [7, 11) is -4.36. The maximum absolute atomic E-state index is 11.5. The molecule has 3 aromatic carbocycles. The van der Waals surface area contributed by atoms with Gasteiger partial charge in [0.2, 0.25) is 12.3 Å². The minimum atomic E-state index is -2.18. The molecular formula is C25H23N3O6P2+2. The number of nitrogens with zero attached hydrogens (tertiary/aromatic N) is 3. The molecule has 36 heavy (non-hydrogen) atoms. The monoisotopic (exact) mass is 523 g/mol. The standard InChI is InChI=1S/C25H21N3O6P2/c1-2-17-3-9-20(10-4-17)23-26-24(21-11-5-18(6-12-21)15-35(31)33-29)28-25(27-23)22-13-7-19(8-14-22)16-36(32)34-30/h3-14H,2,15-16H2,1H3/p+2. The van der Waals surface area contributed by atoms with Gasteiger partial charge >= 0.3 is 16.1 Å². The maximum Gasteiger partial charge on any atom is 0.543 e. The topological polar surface area (TPSA) is 132 Å². The Morgan fingerprint density at radius 2 is 0.889 bits per heavy atom. The molecule has 0 spiro atoms. The van der Waals surface area contributed by atoms with Gasteiger partial charge in [-0.25, -0.2) is 25.5 Å². The summed E-state index contributed by atoms with van der Waals surface area (Å²) >= 11 is 0. The maximum atomic E-state index is 11.5. The van der Waals surface area contributed by atoms with Crippen molar-refractivity contribution >= 4 is 16.1 Å². The van der Waals surface area contributed by atoms with Gasteiger partial charge in [0, 0.05) is 37.2 Å². The number of aromatic nitrogens is 3. The van der Waals surface area contributed by atoms with E-state index in [0.717, 1.165) is 34.2 Å². The number of benzene rings is 3. The first kappa shape index (κ1) is 25.8. The number of hydrogen-bond acceptors (Lipinski definition) is 9. The first-order valence-electron chi connectivity index (χ1n) is 11.1. The van der Waals surface area contributed by atoms with E-state index in [1.807, 2.05) is 48.5 Å². The van der Waals surface area contributed by atoms with Crippen molar-refractivity contribution in [3.63, 3.8) is 0 Å². The summed E-state index contributed by atoms with van der Waals surface area (Å²) in [5, 5.41) is 17.1. The van der Waals surface area contributed by atoms with Gasteiger partial charge in [0.25, 0.3) is 0 Å². The van der Waals surface area contributed by atoms with Crippen LogP contribution in [0.15, 0.2) is 72.8 Å². The average Bonchev–Trinajstić information content (AvgIpc) is 2.93. The molecule has 1 heterocycles. The van der Waals surface area contributed by atoms with Crippen molar-refractivity contribution in [1.82, 2.24) is 15.0 Å². The molecule has 2 atom stereocenters. The third kappa shape index (κ3) is 6.47. The molecule has 0 amide bonds. The van der Waals surface area contributed by atoms with Crippen molar-refractivity contribution < 1.29 is 29.0 Å². The lowest BCUT2D eigenvalue weighted by Crippen LogP contribution is -2.00. The van der Waals surface area contributed by atoms with Gasteiger partial charge in [-0.05, 0) is 21.1 Å². The fourth-order valence-electron chi connectivity index (χ4n) is 3.53. The lowest BCUT2D eigenvalue weighted by molar-refractivity contribution is -0.130. The van der Waals surface area contributed by atoms with Crippen molar-refractivity contribution in [3.05, 3.63) is 89.5 Å². The minimum absolute atomic E-state index is 0.0861. The quantitative estimate of drug-likeness (QED) is 0.129. The highest BCUT2D eigenvalue weighted by Gasteiger charge is 2.20. The zero-order valence-corrected chi connectivity index (χ0v) is 21.1. The molecule has 0 saturated heterocycles. The van der Waals surface area contributed by atoms with Crippen LogP contribution in [0.25, 0.3) is 34.2 Å². The molecule has 0 aliphatic rings. The highest BCUT2D eigenvalue weighted by Crippen LogP contribution is 2.30. The van der Waals surface area contributed by atoms with Gasteiger partial charge < -0.3 is 0 Å². The van der Waals surface area contributed by atoms with E-state index in [1.165, 1.54) is 5.56 Å². The largest absolute Gasteiger partial charge is 0.543 e. The molecule has 182 valence electrons. The summed E-state index contributed by atoms with van der Waals surface area (Å²) in [5.41, 5.74) is 5.00. The summed E-state index contributed by atoms with van der Waals surface area (Å²) in [6.07, 6.45) is 1.10. The van der Waals surface area contributed by atoms with Crippen LogP contribution in [0.1, 0.15) is 23.6 Å². The first-order valence-corrected chi connectivity index (χ1v) is 13.8. The average molecular weight is 523 g/mol. The molecule has 9 nitrogen and oxygen atoms in total. The summed E-state index contributed by atoms with van der Waals surface area (Å²) in [4.78, 5) is 14.1. The lowest BCUT2D eigenvalue weighted by Gasteiger charge is -2.09. The Kier molecular flexibility index (Phi) is 8.67. The molecule has 0 bridgehead atoms. The number of aryl methyl sites for hydroxylation is 1. The van der Waals surface area contributed by atoms with Gasteiger partial charge in [-0.2, -0.15) is 0 Å². The smallest absolute Gasteiger partial charge is 0.208 e. The molecular weight excluding hydrogens is 500 g/mol. The highest BCUT2D eigenvalue weighted by molar-refractivity contribution is 7.38. The third-order valence-corrected chi connectivity index (χ3v) is 7.10. The predicted molar refractivity (Wildman–Crippen MR) is 136 cm³/mol. The fourth-order valence-corrected chi connectivity index (χ4v) is 4.66. The first-order chi connectivity index (χ1) is 17.5. The molecule has 0 aliphatic heterocycles. The van der Waals surface area contributed by atoms with Gasteiger partial charge in [-0.1, -0.05) is 79.7 Å². The van der Waals surface area contributed by atoms with Crippen molar-refractivity contribution in [3.8, 4) is 34.2 Å². The van der Waals surface area contributed by atoms with Crippen LogP contribution >= 0.6 is 16.1 Å². The molecule has 2 N–H and O–H groups in total. The Balaban J connectivity index is 1.73. The van der Waals surface area contributed by atoms with E-state index < -0.39 is 16.1 Å². The SMILES string of the molecule is CCc1ccc(-c2nc(-c3ccc(C[P+](=O)OO)cc3)nc(-c3ccc(C[P+](=O)OO)cc3)n2)cc1. The van der Waals surface area contributed by atoms with Gasteiger partial charge in [-0.3, -0.25) is 0 Å².